The van der Waals surface area contributed by atoms with Gasteiger partial charge in [0.2, 0.25) is 0 Å². The van der Waals surface area contributed by atoms with Gasteiger partial charge in [0.05, 0.1) is 5.52 Å². The summed E-state index contributed by atoms with van der Waals surface area (Å²) < 4.78 is 5.36. The van der Waals surface area contributed by atoms with Crippen LogP contribution in [0.4, 0.5) is 0 Å². The van der Waals surface area contributed by atoms with Crippen LogP contribution in [-0.2, 0) is 0 Å². The molecule has 6 heteroatoms. The minimum absolute atomic E-state index is 0.0876. The van der Waals surface area contributed by atoms with Crippen LogP contribution in [0.5, 0.6) is 0 Å². The first-order chi connectivity index (χ1) is 10.7. The molecule has 2 fully saturated rings. The van der Waals surface area contributed by atoms with E-state index in [-0.39, 0.29) is 24.5 Å². The molecule has 0 spiro atoms. The Morgan fingerprint density at radius 3 is 3.05 bits per heavy atom. The number of oxazole rings is 1. The van der Waals surface area contributed by atoms with Gasteiger partial charge in [0.1, 0.15) is 0 Å². The van der Waals surface area contributed by atoms with Crippen LogP contribution in [0.2, 0.25) is 0 Å². The molecule has 1 aromatic heterocycles. The van der Waals surface area contributed by atoms with E-state index in [2.05, 4.69) is 10.3 Å². The zero-order valence-electron chi connectivity index (χ0n) is 12.0. The second-order valence-corrected chi connectivity index (χ2v) is 6.78. The number of rotatable bonds is 3. The van der Waals surface area contributed by atoms with Gasteiger partial charge in [-0.1, -0.05) is 0 Å². The topological polar surface area (TPSA) is 78.3 Å². The Hall–Kier alpha value is -1.66. The van der Waals surface area contributed by atoms with Crippen LogP contribution in [0.1, 0.15) is 29.6 Å². The van der Waals surface area contributed by atoms with Gasteiger partial charge in [0, 0.05) is 24.1 Å². The summed E-state index contributed by atoms with van der Waals surface area (Å²) >= 11 is 4.95. The van der Waals surface area contributed by atoms with Crippen molar-refractivity contribution in [2.75, 3.05) is 6.61 Å². The van der Waals surface area contributed by atoms with E-state index < -0.39 is 0 Å². The number of aliphatic hydroxyl groups is 1. The van der Waals surface area contributed by atoms with Gasteiger partial charge in [-0.25, -0.2) is 0 Å². The summed E-state index contributed by atoms with van der Waals surface area (Å²) in [6, 6.07) is 5.36. The number of benzene rings is 1. The molecule has 3 N–H and O–H groups in total. The average molecular weight is 318 g/mol. The summed E-state index contributed by atoms with van der Waals surface area (Å²) in [5, 5.41) is 12.7. The van der Waals surface area contributed by atoms with E-state index in [4.69, 9.17) is 16.6 Å². The predicted octanol–water partition coefficient (Wildman–Crippen LogP) is 2.63. The van der Waals surface area contributed by atoms with Gasteiger partial charge in [-0.2, -0.15) is 0 Å². The van der Waals surface area contributed by atoms with E-state index in [9.17, 15) is 9.90 Å². The smallest absolute Gasteiger partial charge is 0.266 e. The number of carbonyl (C=O) groups excluding carboxylic acids is 1. The van der Waals surface area contributed by atoms with E-state index in [1.807, 2.05) is 0 Å². The van der Waals surface area contributed by atoms with Gasteiger partial charge in [0.25, 0.3) is 10.7 Å². The number of nitrogens with one attached hydrogen (secondary N) is 2. The molecule has 4 rings (SSSR count). The predicted molar refractivity (Wildman–Crippen MR) is 84.1 cm³/mol. The summed E-state index contributed by atoms with van der Waals surface area (Å²) in [5.74, 6) is 1.15. The first-order valence-electron chi connectivity index (χ1n) is 7.70. The molecule has 2 aliphatic rings. The Labute approximate surface area is 132 Å². The van der Waals surface area contributed by atoms with Gasteiger partial charge in [-0.3, -0.25) is 4.79 Å². The summed E-state index contributed by atoms with van der Waals surface area (Å²) in [5.41, 5.74) is 1.93. The fourth-order valence-corrected chi connectivity index (χ4v) is 4.42. The number of hydrogen-bond acceptors (Lipinski definition) is 4. The van der Waals surface area contributed by atoms with Gasteiger partial charge < -0.3 is 19.8 Å². The van der Waals surface area contributed by atoms with E-state index in [1.165, 1.54) is 6.42 Å². The molecule has 0 radical (unpaired) electrons. The second-order valence-electron chi connectivity index (χ2n) is 6.40. The van der Waals surface area contributed by atoms with Crippen molar-refractivity contribution in [2.24, 2.45) is 17.8 Å². The third-order valence-corrected chi connectivity index (χ3v) is 5.47. The SMILES string of the molecule is O=C(N[C@@H]1[C@H]2CC[C@@H](C2)[C@H]1CO)c1ccc2[nH]c(=S)oc2c1. The first kappa shape index (κ1) is 14.0. The maximum Gasteiger partial charge on any atom is 0.266 e. The molecule has 0 aliphatic heterocycles. The molecule has 1 amide bonds. The Bertz CT molecular complexity index is 781. The summed E-state index contributed by atoms with van der Waals surface area (Å²) in [6.07, 6.45) is 3.46. The van der Waals surface area contributed by atoms with Crippen molar-refractivity contribution in [3.8, 4) is 0 Å². The molecule has 1 heterocycles. The Morgan fingerprint density at radius 2 is 2.23 bits per heavy atom. The van der Waals surface area contributed by atoms with E-state index in [0.717, 1.165) is 18.4 Å². The Balaban J connectivity index is 1.56. The third kappa shape index (κ3) is 2.18. The largest absolute Gasteiger partial charge is 0.429 e. The molecule has 5 nitrogen and oxygen atoms in total. The maximum atomic E-state index is 12.5. The highest BCUT2D eigenvalue weighted by Gasteiger charge is 2.47. The van der Waals surface area contributed by atoms with E-state index in [1.54, 1.807) is 18.2 Å². The lowest BCUT2D eigenvalue weighted by Crippen LogP contribution is -2.45. The molecule has 2 aliphatic carbocycles. The van der Waals surface area contributed by atoms with E-state index in [0.29, 0.717) is 27.8 Å². The van der Waals surface area contributed by atoms with Crippen molar-refractivity contribution in [2.45, 2.75) is 25.3 Å². The van der Waals surface area contributed by atoms with Crippen LogP contribution >= 0.6 is 12.2 Å². The lowest BCUT2D eigenvalue weighted by atomic mass is 9.85. The minimum atomic E-state index is -0.111. The standard InChI is InChI=1S/C16H18N2O3S/c19-7-11-8-1-2-9(5-8)14(11)18-15(20)10-3-4-12-13(6-10)21-16(22)17-12/h3-4,6,8-9,11,14,19H,1-2,5,7H2,(H,17,22)(H,18,20)/t8-,9-,11+,14+/m0/s1. The van der Waals surface area contributed by atoms with Crippen molar-refractivity contribution in [3.05, 3.63) is 28.6 Å². The average Bonchev–Trinajstić information content (AvgIpc) is 3.18. The molecule has 2 bridgehead atoms. The van der Waals surface area contributed by atoms with Crippen LogP contribution in [0.25, 0.3) is 11.1 Å². The monoisotopic (exact) mass is 318 g/mol. The molecule has 22 heavy (non-hydrogen) atoms. The number of aromatic amines is 1. The van der Waals surface area contributed by atoms with E-state index >= 15 is 0 Å². The van der Waals surface area contributed by atoms with Crippen LogP contribution < -0.4 is 5.32 Å². The molecule has 4 atom stereocenters. The summed E-state index contributed by atoms with van der Waals surface area (Å²) in [7, 11) is 0. The Kier molecular flexibility index (Phi) is 3.31. The van der Waals surface area contributed by atoms with Gasteiger partial charge in [-0.15, -0.1) is 0 Å². The quantitative estimate of drug-likeness (QED) is 0.760. The number of aromatic nitrogens is 1. The van der Waals surface area contributed by atoms with Gasteiger partial charge in [0.15, 0.2) is 5.58 Å². The van der Waals surface area contributed by atoms with Crippen LogP contribution in [0, 0.1) is 22.6 Å². The highest BCUT2D eigenvalue weighted by molar-refractivity contribution is 7.71. The lowest BCUT2D eigenvalue weighted by molar-refractivity contribution is 0.0861. The highest BCUT2D eigenvalue weighted by Crippen LogP contribution is 2.48. The molecular weight excluding hydrogens is 300 g/mol. The third-order valence-electron chi connectivity index (χ3n) is 5.28. The molecule has 116 valence electrons. The van der Waals surface area contributed by atoms with Crippen LogP contribution in [0.15, 0.2) is 22.6 Å². The number of carbonyl (C=O) groups is 1. The normalized spacial score (nSPS) is 30.0. The zero-order chi connectivity index (χ0) is 15.3. The number of H-pyrrole nitrogens is 1. The number of aliphatic hydroxyl groups excluding tert-OH is 1. The minimum Gasteiger partial charge on any atom is -0.429 e. The Morgan fingerprint density at radius 1 is 1.41 bits per heavy atom. The summed E-state index contributed by atoms with van der Waals surface area (Å²) in [6.45, 7) is 0.150. The molecule has 0 unspecified atom stereocenters. The molecule has 1 aromatic carbocycles. The van der Waals surface area contributed by atoms with Crippen LogP contribution in [-0.4, -0.2) is 28.6 Å². The highest BCUT2D eigenvalue weighted by atomic mass is 32.1. The fourth-order valence-electron chi connectivity index (χ4n) is 4.22. The lowest BCUT2D eigenvalue weighted by Gasteiger charge is -2.30. The first-order valence-corrected chi connectivity index (χ1v) is 8.11. The second kappa shape index (κ2) is 5.21. The molecule has 0 saturated heterocycles. The molecular formula is C16H18N2O3S. The summed E-state index contributed by atoms with van der Waals surface area (Å²) in [4.78, 5) is 15.7. The van der Waals surface area contributed by atoms with Gasteiger partial charge in [-0.05, 0) is 61.5 Å². The number of amides is 1. The van der Waals surface area contributed by atoms with Crippen molar-refractivity contribution in [1.82, 2.24) is 10.3 Å². The van der Waals surface area contributed by atoms with Crippen molar-refractivity contribution >= 4 is 29.2 Å². The zero-order valence-corrected chi connectivity index (χ0v) is 12.9. The van der Waals surface area contributed by atoms with Crippen molar-refractivity contribution in [3.63, 3.8) is 0 Å². The van der Waals surface area contributed by atoms with Crippen LogP contribution in [0.3, 0.4) is 0 Å². The maximum absolute atomic E-state index is 12.5. The van der Waals surface area contributed by atoms with Crippen molar-refractivity contribution < 1.29 is 14.3 Å². The number of hydrogen-bond donors (Lipinski definition) is 3. The molecule has 2 saturated carbocycles. The number of fused-ring (bicyclic) bond motifs is 3. The van der Waals surface area contributed by atoms with Gasteiger partial charge >= 0.3 is 0 Å². The molecule has 2 aromatic rings. The fraction of sp³-hybridized carbons (Fsp3) is 0.500. The van der Waals surface area contributed by atoms with Crippen molar-refractivity contribution in [1.29, 1.82) is 0 Å².